The van der Waals surface area contributed by atoms with Crippen LogP contribution in [0, 0.1) is 5.92 Å². The number of likely N-dealkylation sites (N-methyl/N-ethyl adjacent to an activating group) is 1. The second-order valence-electron chi connectivity index (χ2n) is 10.5. The highest BCUT2D eigenvalue weighted by Gasteiger charge is 2.44. The Morgan fingerprint density at radius 3 is 2.43 bits per heavy atom. The molecule has 1 aliphatic rings. The van der Waals surface area contributed by atoms with Crippen molar-refractivity contribution in [3.8, 4) is 0 Å². The lowest BCUT2D eigenvalue weighted by Crippen LogP contribution is -3.00. The number of oxazole rings is 1. The van der Waals surface area contributed by atoms with E-state index in [0.29, 0.717) is 35.7 Å². The zero-order chi connectivity index (χ0) is 25.6. The molecular formula is C29H38BrN3O4. The molecule has 4 rings (SSSR count). The van der Waals surface area contributed by atoms with Crippen LogP contribution in [0.4, 0.5) is 0 Å². The lowest BCUT2D eigenvalue weighted by Gasteiger charge is -2.36. The van der Waals surface area contributed by atoms with Gasteiger partial charge in [-0.05, 0) is 36.1 Å². The van der Waals surface area contributed by atoms with E-state index in [4.69, 9.17) is 14.9 Å². The van der Waals surface area contributed by atoms with Crippen LogP contribution in [0.25, 0.3) is 0 Å². The molecule has 3 N–H and O–H groups in total. The molecule has 1 aromatic heterocycles. The van der Waals surface area contributed by atoms with E-state index in [1.54, 1.807) is 18.3 Å². The van der Waals surface area contributed by atoms with Crippen molar-refractivity contribution in [3.05, 3.63) is 89.1 Å². The standard InChI is InChI=1S/C29H37N3O4.BrH/c1-32(2,17-18-35-21-22-13-15-23(16-14-22)27(30)33)20-26-19-31-28(36-26)29(34,24-9-5-3-6-10-24)25-11-7-4-8-12-25;/h3,5-6,9-10,13-16,19,25,34H,4,7-8,11-12,17-18,20-21H2,1-2H3,(H-,30,33);1H/t29-;/m0./s1. The third-order valence-electron chi connectivity index (χ3n) is 7.22. The van der Waals surface area contributed by atoms with Crippen LogP contribution < -0.4 is 22.7 Å². The Morgan fingerprint density at radius 1 is 1.11 bits per heavy atom. The Kier molecular flexibility index (Phi) is 10.1. The van der Waals surface area contributed by atoms with Crippen molar-refractivity contribution in [2.45, 2.75) is 50.9 Å². The van der Waals surface area contributed by atoms with Crippen LogP contribution in [0.5, 0.6) is 0 Å². The number of aliphatic hydroxyl groups is 1. The number of aromatic nitrogens is 1. The Hall–Kier alpha value is -2.52. The molecule has 1 atom stereocenters. The third-order valence-corrected chi connectivity index (χ3v) is 7.22. The first-order valence-electron chi connectivity index (χ1n) is 12.8. The lowest BCUT2D eigenvalue weighted by molar-refractivity contribution is -0.905. The number of amides is 1. The van der Waals surface area contributed by atoms with Crippen LogP contribution >= 0.6 is 0 Å². The summed E-state index contributed by atoms with van der Waals surface area (Å²) >= 11 is 0. The van der Waals surface area contributed by atoms with E-state index in [9.17, 15) is 9.90 Å². The fourth-order valence-corrected chi connectivity index (χ4v) is 5.07. The molecule has 37 heavy (non-hydrogen) atoms. The minimum atomic E-state index is -1.22. The van der Waals surface area contributed by atoms with Gasteiger partial charge in [-0.1, -0.05) is 61.7 Å². The largest absolute Gasteiger partial charge is 1.00 e. The summed E-state index contributed by atoms with van der Waals surface area (Å²) in [5, 5.41) is 12.0. The van der Waals surface area contributed by atoms with Crippen LogP contribution in [0.15, 0.2) is 65.2 Å². The van der Waals surface area contributed by atoms with Crippen molar-refractivity contribution < 1.29 is 40.5 Å². The number of quaternary nitrogens is 1. The van der Waals surface area contributed by atoms with E-state index in [1.165, 1.54) is 6.42 Å². The first-order chi connectivity index (χ1) is 17.3. The maximum atomic E-state index is 12.0. The molecular weight excluding hydrogens is 534 g/mol. The van der Waals surface area contributed by atoms with Gasteiger partial charge in [0.2, 0.25) is 11.8 Å². The minimum absolute atomic E-state index is 0. The number of hydrogen-bond donors (Lipinski definition) is 2. The van der Waals surface area contributed by atoms with E-state index >= 15 is 0 Å². The van der Waals surface area contributed by atoms with Crippen molar-refractivity contribution in [1.82, 2.24) is 4.98 Å². The minimum Gasteiger partial charge on any atom is -1.00 e. The predicted molar refractivity (Wildman–Crippen MR) is 138 cm³/mol. The van der Waals surface area contributed by atoms with Crippen LogP contribution in [0.3, 0.4) is 0 Å². The van der Waals surface area contributed by atoms with Crippen molar-refractivity contribution in [2.75, 3.05) is 27.2 Å². The summed E-state index contributed by atoms with van der Waals surface area (Å²) in [6, 6.07) is 17.0. The Labute approximate surface area is 230 Å². The number of carbonyl (C=O) groups is 1. The fourth-order valence-electron chi connectivity index (χ4n) is 5.07. The first kappa shape index (κ1) is 29.0. The number of halogens is 1. The van der Waals surface area contributed by atoms with Gasteiger partial charge in [0.05, 0.1) is 33.5 Å². The summed E-state index contributed by atoms with van der Waals surface area (Å²) in [6.07, 6.45) is 7.14. The van der Waals surface area contributed by atoms with Gasteiger partial charge in [-0.15, -0.1) is 0 Å². The molecule has 0 unspecified atom stereocenters. The molecule has 8 heteroatoms. The summed E-state index contributed by atoms with van der Waals surface area (Å²) in [4.78, 5) is 15.8. The van der Waals surface area contributed by atoms with E-state index in [0.717, 1.165) is 49.1 Å². The molecule has 1 amide bonds. The van der Waals surface area contributed by atoms with Gasteiger partial charge in [-0.2, -0.15) is 0 Å². The highest BCUT2D eigenvalue weighted by molar-refractivity contribution is 5.92. The van der Waals surface area contributed by atoms with Crippen molar-refractivity contribution in [1.29, 1.82) is 0 Å². The van der Waals surface area contributed by atoms with E-state index in [2.05, 4.69) is 19.1 Å². The predicted octanol–water partition coefficient (Wildman–Crippen LogP) is 1.39. The number of carbonyl (C=O) groups excluding carboxylic acids is 1. The molecule has 0 saturated heterocycles. The van der Waals surface area contributed by atoms with E-state index in [-0.39, 0.29) is 22.9 Å². The van der Waals surface area contributed by atoms with Gasteiger partial charge < -0.3 is 41.5 Å². The molecule has 1 heterocycles. The van der Waals surface area contributed by atoms with Gasteiger partial charge in [0.25, 0.3) is 0 Å². The highest BCUT2D eigenvalue weighted by Crippen LogP contribution is 2.43. The summed E-state index contributed by atoms with van der Waals surface area (Å²) in [5.41, 5.74) is 6.40. The molecule has 1 aliphatic carbocycles. The number of ether oxygens (including phenoxy) is 1. The summed E-state index contributed by atoms with van der Waals surface area (Å²) < 4.78 is 12.8. The highest BCUT2D eigenvalue weighted by atomic mass is 79.9. The molecule has 7 nitrogen and oxygen atoms in total. The number of nitrogens with two attached hydrogens (primary N) is 1. The Balaban J connectivity index is 0.00000380. The number of hydrogen-bond acceptors (Lipinski definition) is 5. The van der Waals surface area contributed by atoms with Gasteiger partial charge >= 0.3 is 0 Å². The average molecular weight is 573 g/mol. The molecule has 1 saturated carbocycles. The zero-order valence-electron chi connectivity index (χ0n) is 21.7. The third kappa shape index (κ3) is 7.29. The number of primary amides is 1. The summed E-state index contributed by atoms with van der Waals surface area (Å²) in [7, 11) is 4.25. The van der Waals surface area contributed by atoms with E-state index in [1.807, 2.05) is 42.5 Å². The van der Waals surface area contributed by atoms with Crippen LogP contribution in [0.1, 0.15) is 65.2 Å². The second kappa shape index (κ2) is 12.8. The smallest absolute Gasteiger partial charge is 0.248 e. The monoisotopic (exact) mass is 571 g/mol. The SMILES string of the molecule is C[N+](C)(CCOCc1ccc(C(N)=O)cc1)Cc1cnc([C@](O)(c2ccccc2)C2CCCCC2)o1.[Br-]. The summed E-state index contributed by atoms with van der Waals surface area (Å²) in [5.74, 6) is 0.805. The second-order valence-corrected chi connectivity index (χ2v) is 10.5. The molecule has 0 bridgehead atoms. The van der Waals surface area contributed by atoms with Gasteiger partial charge in [0.1, 0.15) is 13.1 Å². The average Bonchev–Trinajstić information content (AvgIpc) is 3.35. The van der Waals surface area contributed by atoms with Gasteiger partial charge in [0, 0.05) is 11.5 Å². The quantitative estimate of drug-likeness (QED) is 0.268. The van der Waals surface area contributed by atoms with Crippen LogP contribution in [0.2, 0.25) is 0 Å². The first-order valence-corrected chi connectivity index (χ1v) is 12.8. The lowest BCUT2D eigenvalue weighted by atomic mass is 9.73. The molecule has 0 aliphatic heterocycles. The van der Waals surface area contributed by atoms with Gasteiger partial charge in [-0.25, -0.2) is 4.98 Å². The fraction of sp³-hybridized carbons (Fsp3) is 0.448. The maximum Gasteiger partial charge on any atom is 0.248 e. The Morgan fingerprint density at radius 2 is 1.78 bits per heavy atom. The molecule has 3 aromatic rings. The van der Waals surface area contributed by atoms with Crippen LogP contribution in [-0.2, 0) is 23.5 Å². The van der Waals surface area contributed by atoms with Crippen molar-refractivity contribution >= 4 is 5.91 Å². The molecule has 0 radical (unpaired) electrons. The van der Waals surface area contributed by atoms with Crippen molar-refractivity contribution in [2.24, 2.45) is 11.7 Å². The van der Waals surface area contributed by atoms with E-state index < -0.39 is 11.5 Å². The van der Waals surface area contributed by atoms with Crippen molar-refractivity contribution in [3.63, 3.8) is 0 Å². The summed E-state index contributed by atoms with van der Waals surface area (Å²) in [6.45, 7) is 2.46. The molecule has 1 fully saturated rings. The molecule has 2 aromatic carbocycles. The Bertz CT molecular complexity index is 1130. The zero-order valence-corrected chi connectivity index (χ0v) is 23.3. The normalized spacial score (nSPS) is 16.1. The van der Waals surface area contributed by atoms with Crippen LogP contribution in [-0.4, -0.2) is 47.7 Å². The topological polar surface area (TPSA) is 98.6 Å². The number of rotatable bonds is 11. The van der Waals surface area contributed by atoms with Gasteiger partial charge in [0.15, 0.2) is 11.4 Å². The molecule has 200 valence electrons. The number of nitrogens with zero attached hydrogens (tertiary/aromatic N) is 2. The van der Waals surface area contributed by atoms with Gasteiger partial charge in [-0.3, -0.25) is 4.79 Å². The number of benzene rings is 2. The molecule has 0 spiro atoms. The maximum absolute atomic E-state index is 12.0.